The largest absolute Gasteiger partial charge is 0.394 e. The summed E-state index contributed by atoms with van der Waals surface area (Å²) < 4.78 is 31.0. The highest BCUT2D eigenvalue weighted by Crippen LogP contribution is 2.34. The summed E-state index contributed by atoms with van der Waals surface area (Å²) >= 11 is 0. The van der Waals surface area contributed by atoms with Gasteiger partial charge in [-0.15, -0.1) is 0 Å². The molecule has 0 radical (unpaired) electrons. The molecule has 1 aliphatic heterocycles. The molecule has 1 aromatic rings. The highest BCUT2D eigenvalue weighted by Gasteiger charge is 2.44. The van der Waals surface area contributed by atoms with Crippen molar-refractivity contribution in [1.29, 1.82) is 0 Å². The second-order valence-electron chi connectivity index (χ2n) is 5.28. The van der Waals surface area contributed by atoms with Gasteiger partial charge in [0.25, 0.3) is 0 Å². The number of ether oxygens (including phenoxy) is 1. The van der Waals surface area contributed by atoms with E-state index in [-0.39, 0.29) is 24.7 Å². The molecule has 4 nitrogen and oxygen atoms in total. The first-order chi connectivity index (χ1) is 8.96. The third-order valence-corrected chi connectivity index (χ3v) is 5.73. The van der Waals surface area contributed by atoms with E-state index < -0.39 is 15.1 Å². The lowest BCUT2D eigenvalue weighted by molar-refractivity contribution is -0.00685. The fraction of sp³-hybridized carbons (Fsp3) is 0.571. The molecular weight excluding hydrogens is 264 g/mol. The van der Waals surface area contributed by atoms with E-state index in [4.69, 9.17) is 4.74 Å². The van der Waals surface area contributed by atoms with Crippen molar-refractivity contribution in [1.82, 2.24) is 0 Å². The van der Waals surface area contributed by atoms with Crippen LogP contribution in [-0.2, 0) is 14.6 Å². The molecule has 1 saturated heterocycles. The van der Waals surface area contributed by atoms with E-state index in [1.54, 1.807) is 30.3 Å². The molecule has 1 aliphatic rings. The molecule has 2 rings (SSSR count). The highest BCUT2D eigenvalue weighted by atomic mass is 32.2. The van der Waals surface area contributed by atoms with Crippen LogP contribution in [0, 0.1) is 5.92 Å². The molecule has 3 atom stereocenters. The average Bonchev–Trinajstić information content (AvgIpc) is 2.85. The van der Waals surface area contributed by atoms with Gasteiger partial charge in [-0.25, -0.2) is 8.42 Å². The van der Waals surface area contributed by atoms with Gasteiger partial charge in [0.15, 0.2) is 9.84 Å². The summed E-state index contributed by atoms with van der Waals surface area (Å²) in [5.41, 5.74) is 0. The number of benzene rings is 1. The van der Waals surface area contributed by atoms with Gasteiger partial charge < -0.3 is 9.84 Å². The van der Waals surface area contributed by atoms with Crippen LogP contribution in [0.5, 0.6) is 0 Å². The monoisotopic (exact) mass is 284 g/mol. The van der Waals surface area contributed by atoms with E-state index in [0.717, 1.165) is 0 Å². The second-order valence-corrected chi connectivity index (χ2v) is 7.45. The van der Waals surface area contributed by atoms with Gasteiger partial charge in [-0.1, -0.05) is 32.0 Å². The van der Waals surface area contributed by atoms with Crippen molar-refractivity contribution in [3.05, 3.63) is 30.3 Å². The predicted molar refractivity (Wildman–Crippen MR) is 72.6 cm³/mol. The summed E-state index contributed by atoms with van der Waals surface area (Å²) in [6.45, 7) is 3.75. The quantitative estimate of drug-likeness (QED) is 0.913. The van der Waals surface area contributed by atoms with Crippen molar-refractivity contribution >= 4 is 9.84 Å². The van der Waals surface area contributed by atoms with Gasteiger partial charge in [0.2, 0.25) is 0 Å². The Balaban J connectivity index is 2.34. The Morgan fingerprint density at radius 2 is 1.95 bits per heavy atom. The van der Waals surface area contributed by atoms with Crippen molar-refractivity contribution in [3.8, 4) is 0 Å². The minimum atomic E-state index is -3.41. The lowest BCUT2D eigenvalue weighted by Crippen LogP contribution is -2.34. The molecule has 1 aromatic carbocycles. The molecule has 1 N–H and O–H groups in total. The van der Waals surface area contributed by atoms with Crippen molar-refractivity contribution in [2.24, 2.45) is 5.92 Å². The van der Waals surface area contributed by atoms with E-state index >= 15 is 0 Å². The zero-order valence-corrected chi connectivity index (χ0v) is 12.0. The maximum Gasteiger partial charge on any atom is 0.183 e. The van der Waals surface area contributed by atoms with Gasteiger partial charge in [0.05, 0.1) is 29.0 Å². The van der Waals surface area contributed by atoms with Crippen molar-refractivity contribution in [2.45, 2.75) is 42.6 Å². The Morgan fingerprint density at radius 1 is 1.32 bits per heavy atom. The smallest absolute Gasteiger partial charge is 0.183 e. The third-order valence-electron chi connectivity index (χ3n) is 3.54. The number of rotatable bonds is 4. The normalized spacial score (nSPS) is 27.9. The molecule has 106 valence electrons. The summed E-state index contributed by atoms with van der Waals surface area (Å²) in [4.78, 5) is 0.327. The van der Waals surface area contributed by atoms with Crippen molar-refractivity contribution in [3.63, 3.8) is 0 Å². The van der Waals surface area contributed by atoms with Gasteiger partial charge >= 0.3 is 0 Å². The lowest BCUT2D eigenvalue weighted by atomic mass is 10.0. The van der Waals surface area contributed by atoms with E-state index in [0.29, 0.717) is 11.3 Å². The zero-order valence-electron chi connectivity index (χ0n) is 11.2. The standard InChI is InChI=1S/C14H20O4S/c1-10(2)14-13(8-11(9-15)18-14)19(16,17)12-6-4-3-5-7-12/h3-7,10-11,13-15H,8-9H2,1-2H3/t11-,13-,14+/m0/s1. The molecule has 1 fully saturated rings. The van der Waals surface area contributed by atoms with Crippen molar-refractivity contribution in [2.75, 3.05) is 6.61 Å². The molecule has 0 saturated carbocycles. The Labute approximate surface area is 114 Å². The van der Waals surface area contributed by atoms with Gasteiger partial charge in [-0.3, -0.25) is 0 Å². The topological polar surface area (TPSA) is 63.6 Å². The lowest BCUT2D eigenvalue weighted by Gasteiger charge is -2.22. The fourth-order valence-corrected chi connectivity index (χ4v) is 4.64. The van der Waals surface area contributed by atoms with Crippen LogP contribution in [-0.4, -0.2) is 37.6 Å². The Hall–Kier alpha value is -0.910. The van der Waals surface area contributed by atoms with Gasteiger partial charge in [0.1, 0.15) is 0 Å². The molecule has 1 heterocycles. The second kappa shape index (κ2) is 5.61. The molecule has 0 spiro atoms. The molecule has 0 bridgehead atoms. The van der Waals surface area contributed by atoms with E-state index in [1.165, 1.54) is 0 Å². The molecule has 5 heteroatoms. The number of hydrogen-bond acceptors (Lipinski definition) is 4. The van der Waals surface area contributed by atoms with E-state index in [2.05, 4.69) is 0 Å². The SMILES string of the molecule is CC(C)[C@H]1O[C@H](CO)C[C@@H]1S(=O)(=O)c1ccccc1. The van der Waals surface area contributed by atoms with Gasteiger partial charge in [0, 0.05) is 0 Å². The van der Waals surface area contributed by atoms with Gasteiger partial charge in [-0.05, 0) is 24.5 Å². The summed E-state index contributed by atoms with van der Waals surface area (Å²) in [5, 5.41) is 8.62. The number of aliphatic hydroxyl groups is 1. The van der Waals surface area contributed by atoms with Crippen LogP contribution in [0.15, 0.2) is 35.2 Å². The van der Waals surface area contributed by atoms with Crippen LogP contribution in [0.2, 0.25) is 0 Å². The number of aliphatic hydroxyl groups excluding tert-OH is 1. The highest BCUT2D eigenvalue weighted by molar-refractivity contribution is 7.92. The fourth-order valence-electron chi connectivity index (χ4n) is 2.55. The van der Waals surface area contributed by atoms with Crippen molar-refractivity contribution < 1.29 is 18.3 Å². The minimum Gasteiger partial charge on any atom is -0.394 e. The number of sulfone groups is 1. The van der Waals surface area contributed by atoms with Crippen LogP contribution >= 0.6 is 0 Å². The Morgan fingerprint density at radius 3 is 2.47 bits per heavy atom. The van der Waals surface area contributed by atoms with Crippen LogP contribution in [0.4, 0.5) is 0 Å². The molecule has 0 unspecified atom stereocenters. The average molecular weight is 284 g/mol. The molecule has 0 aromatic heterocycles. The predicted octanol–water partition coefficient (Wildman–Crippen LogP) is 1.63. The first-order valence-electron chi connectivity index (χ1n) is 6.52. The first-order valence-corrected chi connectivity index (χ1v) is 8.06. The van der Waals surface area contributed by atoms with Crippen LogP contribution < -0.4 is 0 Å². The van der Waals surface area contributed by atoms with E-state index in [1.807, 2.05) is 13.8 Å². The summed E-state index contributed by atoms with van der Waals surface area (Å²) in [5.74, 6) is 0.0973. The zero-order chi connectivity index (χ0) is 14.0. The molecule has 0 amide bonds. The van der Waals surface area contributed by atoms with Crippen LogP contribution in [0.25, 0.3) is 0 Å². The van der Waals surface area contributed by atoms with E-state index in [9.17, 15) is 13.5 Å². The first kappa shape index (κ1) is 14.5. The van der Waals surface area contributed by atoms with Crippen LogP contribution in [0.3, 0.4) is 0 Å². The third kappa shape index (κ3) is 2.83. The molecule has 19 heavy (non-hydrogen) atoms. The number of hydrogen-bond donors (Lipinski definition) is 1. The minimum absolute atomic E-state index is 0.0973. The molecule has 0 aliphatic carbocycles. The summed E-state index contributed by atoms with van der Waals surface area (Å²) in [7, 11) is -3.41. The summed E-state index contributed by atoms with van der Waals surface area (Å²) in [6, 6.07) is 8.45. The summed E-state index contributed by atoms with van der Waals surface area (Å²) in [6.07, 6.45) is -0.380. The van der Waals surface area contributed by atoms with Gasteiger partial charge in [-0.2, -0.15) is 0 Å². The maximum atomic E-state index is 12.6. The van der Waals surface area contributed by atoms with Crippen LogP contribution in [0.1, 0.15) is 20.3 Å². The Kier molecular flexibility index (Phi) is 4.28. The maximum absolute atomic E-state index is 12.6. The molecular formula is C14H20O4S. The Bertz CT molecular complexity index is 510.